The van der Waals surface area contributed by atoms with Gasteiger partial charge in [0.2, 0.25) is 0 Å². The number of esters is 2. The molecule has 16 nitrogen and oxygen atoms in total. The van der Waals surface area contributed by atoms with Gasteiger partial charge in [0.1, 0.15) is 11.7 Å². The Morgan fingerprint density at radius 1 is 0.828 bits per heavy atom. The molecular weight excluding hydrogens is 461 g/mol. The summed E-state index contributed by atoms with van der Waals surface area (Å²) in [6.07, 6.45) is -8.61. The van der Waals surface area contributed by atoms with E-state index in [0.717, 1.165) is 0 Å². The zero-order valence-electron chi connectivity index (χ0n) is 15.6. The molecule has 0 saturated heterocycles. The van der Waals surface area contributed by atoms with Gasteiger partial charge in [0.15, 0.2) is 6.10 Å². The van der Waals surface area contributed by atoms with Crippen molar-refractivity contribution in [3.63, 3.8) is 0 Å². The normalized spacial score (nSPS) is 12.1. The van der Waals surface area contributed by atoms with Crippen LogP contribution in [0.3, 0.4) is 0 Å². The first-order chi connectivity index (χ1) is 9.90. The quantitative estimate of drug-likeness (QED) is 0.166. The second kappa shape index (κ2) is 23.6. The third-order valence-electron chi connectivity index (χ3n) is 2.25. The van der Waals surface area contributed by atoms with E-state index in [9.17, 15) is 44.4 Å². The maximum absolute atomic E-state index is 11.2. The zero-order chi connectivity index (χ0) is 17.7. The predicted octanol–water partition coefficient (Wildman–Crippen LogP) is -19.7. The topological polar surface area (TPSA) is 350 Å². The van der Waals surface area contributed by atoms with Gasteiger partial charge in [0, 0.05) is 12.4 Å². The Kier molecular flexibility index (Phi) is 42.3. The summed E-state index contributed by atoms with van der Waals surface area (Å²) in [5.41, 5.74) is -3.26. The SMILES string of the molecule is O.O.O.O.O=C([O-])CC(O)(CC(=O)OC(=O)C(O)C(O)C(=O)[O-])C(=O)[O-].[K+].[Na+].[Na+]. The summed E-state index contributed by atoms with van der Waals surface area (Å²) in [7, 11) is 0. The van der Waals surface area contributed by atoms with E-state index in [1.807, 2.05) is 0 Å². The molecule has 0 heterocycles. The van der Waals surface area contributed by atoms with Crippen LogP contribution in [0.4, 0.5) is 0 Å². The van der Waals surface area contributed by atoms with Crippen LogP contribution >= 0.6 is 0 Å². The summed E-state index contributed by atoms with van der Waals surface area (Å²) >= 11 is 0. The molecule has 0 bridgehead atoms. The van der Waals surface area contributed by atoms with Crippen molar-refractivity contribution in [2.75, 3.05) is 0 Å². The van der Waals surface area contributed by atoms with Crippen LogP contribution in [0, 0.1) is 0 Å². The molecule has 0 aromatic heterocycles. The van der Waals surface area contributed by atoms with Crippen molar-refractivity contribution in [1.29, 1.82) is 0 Å². The van der Waals surface area contributed by atoms with Crippen molar-refractivity contribution in [2.45, 2.75) is 30.7 Å². The van der Waals surface area contributed by atoms with E-state index in [1.165, 1.54) is 0 Å². The molecule has 0 radical (unpaired) electrons. The van der Waals surface area contributed by atoms with E-state index in [-0.39, 0.29) is 132 Å². The molecule has 0 amide bonds. The largest absolute Gasteiger partial charge is 1.00 e. The maximum Gasteiger partial charge on any atom is 1.00 e. The molecule has 3 atom stereocenters. The van der Waals surface area contributed by atoms with Crippen molar-refractivity contribution in [2.24, 2.45) is 0 Å². The molecule has 0 aromatic carbocycles. The molecular formula is C10H17KNa2O16. The van der Waals surface area contributed by atoms with Crippen LogP contribution in [0.2, 0.25) is 0 Å². The maximum atomic E-state index is 11.2. The smallest absolute Gasteiger partial charge is 0.550 e. The van der Waals surface area contributed by atoms with Gasteiger partial charge in [-0.05, 0) is 0 Å². The fourth-order valence-corrected chi connectivity index (χ4v) is 1.15. The molecule has 19 heteroatoms. The standard InChI is InChI=1S/C10H12O12.K.2Na.4H2O/c11-3(12)1-10(21,9(19)20)2-4(13)22-8(18)6(15)5(14)7(16)17;;;;;;;/h5-6,14-15,21H,1-2H2,(H,11,12)(H,16,17)(H,19,20);;;;4*1H2/q;3*+1;;;;/p-3. The number of carboxylic acid groups (broad SMARTS) is 3. The minimum Gasteiger partial charge on any atom is -0.550 e. The Labute approximate surface area is 248 Å². The molecule has 0 rings (SSSR count). The molecule has 11 N–H and O–H groups in total. The first-order valence-electron chi connectivity index (χ1n) is 5.36. The molecule has 0 aromatic rings. The minimum absolute atomic E-state index is 0. The van der Waals surface area contributed by atoms with Crippen LogP contribution in [-0.2, 0) is 28.7 Å². The van der Waals surface area contributed by atoms with Gasteiger partial charge < -0.3 is 71.7 Å². The number of ether oxygens (including phenoxy) is 1. The Balaban J connectivity index is -0.000000105. The second-order valence-corrected chi connectivity index (χ2v) is 4.05. The minimum atomic E-state index is -3.26. The average Bonchev–Trinajstić information content (AvgIpc) is 2.34. The van der Waals surface area contributed by atoms with Crippen LogP contribution in [0.25, 0.3) is 0 Å². The van der Waals surface area contributed by atoms with Gasteiger partial charge in [-0.2, -0.15) is 0 Å². The number of rotatable bonds is 8. The predicted molar refractivity (Wildman–Crippen MR) is 66.8 cm³/mol. The third-order valence-corrected chi connectivity index (χ3v) is 2.25. The van der Waals surface area contributed by atoms with E-state index in [0.29, 0.717) is 0 Å². The number of aliphatic carboxylic acids is 3. The molecule has 0 fully saturated rings. The van der Waals surface area contributed by atoms with Crippen LogP contribution in [0.5, 0.6) is 0 Å². The first-order valence-corrected chi connectivity index (χ1v) is 5.36. The zero-order valence-corrected chi connectivity index (χ0v) is 22.7. The number of hydrogen-bond acceptors (Lipinski definition) is 12. The summed E-state index contributed by atoms with van der Waals surface area (Å²) in [6, 6.07) is 0. The van der Waals surface area contributed by atoms with Gasteiger partial charge in [-0.25, -0.2) is 4.79 Å². The van der Waals surface area contributed by atoms with Crippen LogP contribution in [0.1, 0.15) is 12.8 Å². The number of carboxylic acids is 3. The van der Waals surface area contributed by atoms with Crippen molar-refractivity contribution in [3.05, 3.63) is 0 Å². The molecule has 0 aliphatic heterocycles. The van der Waals surface area contributed by atoms with Gasteiger partial charge >= 0.3 is 122 Å². The molecule has 0 aliphatic carbocycles. The summed E-state index contributed by atoms with van der Waals surface area (Å²) in [6.45, 7) is 0. The Bertz CT molecular complexity index is 516. The average molecular weight is 478 g/mol. The molecule has 0 saturated carbocycles. The molecule has 156 valence electrons. The summed E-state index contributed by atoms with van der Waals surface area (Å²) in [4.78, 5) is 53.3. The van der Waals surface area contributed by atoms with Crippen molar-refractivity contribution in [3.8, 4) is 0 Å². The number of hydrogen-bond donors (Lipinski definition) is 3. The fourth-order valence-electron chi connectivity index (χ4n) is 1.15. The Hall–Kier alpha value is 0.906. The van der Waals surface area contributed by atoms with E-state index >= 15 is 0 Å². The number of carbonyl (C=O) groups is 5. The Morgan fingerprint density at radius 2 is 1.21 bits per heavy atom. The number of carbonyl (C=O) groups excluding carboxylic acids is 5. The fraction of sp³-hybridized carbons (Fsp3) is 0.500. The van der Waals surface area contributed by atoms with E-state index in [1.54, 1.807) is 0 Å². The number of aliphatic hydroxyl groups is 3. The van der Waals surface area contributed by atoms with Gasteiger partial charge in [-0.15, -0.1) is 0 Å². The summed E-state index contributed by atoms with van der Waals surface area (Å²) in [5.74, 6) is -10.5. The van der Waals surface area contributed by atoms with E-state index in [2.05, 4.69) is 4.74 Å². The van der Waals surface area contributed by atoms with E-state index in [4.69, 9.17) is 10.2 Å². The molecule has 3 unspecified atom stereocenters. The van der Waals surface area contributed by atoms with Crippen molar-refractivity contribution >= 4 is 29.8 Å². The van der Waals surface area contributed by atoms with Crippen molar-refractivity contribution < 1.29 is 192 Å². The van der Waals surface area contributed by atoms with Crippen LogP contribution in [0.15, 0.2) is 0 Å². The van der Waals surface area contributed by atoms with Crippen LogP contribution < -0.4 is 126 Å². The third kappa shape index (κ3) is 19.3. The van der Waals surface area contributed by atoms with Gasteiger partial charge in [-0.1, -0.05) is 0 Å². The number of aliphatic hydroxyl groups excluding tert-OH is 2. The monoisotopic (exact) mass is 478 g/mol. The summed E-state index contributed by atoms with van der Waals surface area (Å²) in [5, 5.41) is 58.1. The second-order valence-electron chi connectivity index (χ2n) is 4.05. The van der Waals surface area contributed by atoms with E-state index < -0.39 is 60.5 Å². The first kappa shape index (κ1) is 52.1. The van der Waals surface area contributed by atoms with Crippen molar-refractivity contribution in [1.82, 2.24) is 0 Å². The van der Waals surface area contributed by atoms with Crippen LogP contribution in [-0.4, -0.2) is 84.9 Å². The molecule has 0 aliphatic rings. The van der Waals surface area contributed by atoms with Gasteiger partial charge in [0.05, 0.1) is 18.4 Å². The molecule has 29 heavy (non-hydrogen) atoms. The van der Waals surface area contributed by atoms with Gasteiger partial charge in [-0.3, -0.25) is 4.79 Å². The molecule has 0 spiro atoms. The summed E-state index contributed by atoms with van der Waals surface area (Å²) < 4.78 is 3.77. The Morgan fingerprint density at radius 3 is 1.48 bits per heavy atom. The van der Waals surface area contributed by atoms with Gasteiger partial charge in [0.25, 0.3) is 0 Å².